The van der Waals surface area contributed by atoms with Gasteiger partial charge in [0.05, 0.1) is 6.10 Å². The number of rotatable bonds is 4. The molecule has 1 nitrogen and oxygen atoms in total. The maximum Gasteiger partial charge on any atom is 0.0830 e. The number of hydrogen-bond donors (Lipinski definition) is 1. The molecule has 0 amide bonds. The minimum atomic E-state index is -0.492. The molecule has 2 aromatic carbocycles. The molecule has 0 bridgehead atoms. The van der Waals surface area contributed by atoms with E-state index >= 15 is 0 Å². The van der Waals surface area contributed by atoms with E-state index < -0.39 is 6.10 Å². The van der Waals surface area contributed by atoms with Crippen LogP contribution in [0.15, 0.2) is 48.5 Å². The molecule has 0 aromatic heterocycles. The molecule has 1 fully saturated rings. The Balaban J connectivity index is 1.72. The van der Waals surface area contributed by atoms with Crippen molar-refractivity contribution in [3.63, 3.8) is 0 Å². The summed E-state index contributed by atoms with van der Waals surface area (Å²) in [6.45, 7) is 0. The van der Waals surface area contributed by atoms with Crippen LogP contribution in [0, 0.1) is 0 Å². The van der Waals surface area contributed by atoms with E-state index in [1.165, 1.54) is 18.4 Å². The molecule has 1 aliphatic rings. The summed E-state index contributed by atoms with van der Waals surface area (Å²) >= 11 is 6.12. The lowest BCUT2D eigenvalue weighted by Gasteiger charge is -2.12. The van der Waals surface area contributed by atoms with E-state index in [-0.39, 0.29) is 0 Å². The molecule has 98 valence electrons. The van der Waals surface area contributed by atoms with Crippen LogP contribution in [-0.2, 0) is 6.42 Å². The number of benzene rings is 2. The molecule has 2 heteroatoms. The zero-order chi connectivity index (χ0) is 13.2. The van der Waals surface area contributed by atoms with Crippen molar-refractivity contribution in [2.75, 3.05) is 0 Å². The van der Waals surface area contributed by atoms with Crippen LogP contribution in [0.1, 0.15) is 41.6 Å². The van der Waals surface area contributed by atoms with Crippen molar-refractivity contribution in [1.29, 1.82) is 0 Å². The molecule has 1 unspecified atom stereocenters. The predicted molar refractivity (Wildman–Crippen MR) is 78.5 cm³/mol. The van der Waals surface area contributed by atoms with E-state index in [9.17, 15) is 5.11 Å². The highest BCUT2D eigenvalue weighted by molar-refractivity contribution is 6.31. The monoisotopic (exact) mass is 272 g/mol. The molecule has 2 aromatic rings. The molecular weight excluding hydrogens is 256 g/mol. The van der Waals surface area contributed by atoms with Gasteiger partial charge in [-0.25, -0.2) is 0 Å². The van der Waals surface area contributed by atoms with Crippen LogP contribution in [0.3, 0.4) is 0 Å². The van der Waals surface area contributed by atoms with E-state index in [4.69, 9.17) is 11.6 Å². The third-order valence-electron chi connectivity index (χ3n) is 3.74. The maximum atomic E-state index is 10.3. The number of hydrogen-bond acceptors (Lipinski definition) is 1. The lowest BCUT2D eigenvalue weighted by Crippen LogP contribution is -2.02. The number of aliphatic hydroxyl groups is 1. The summed E-state index contributed by atoms with van der Waals surface area (Å²) in [5.41, 5.74) is 3.35. The second-order valence-electron chi connectivity index (χ2n) is 5.25. The molecular formula is C17H17ClO. The van der Waals surface area contributed by atoms with Gasteiger partial charge in [-0.15, -0.1) is 0 Å². The van der Waals surface area contributed by atoms with Gasteiger partial charge in [-0.1, -0.05) is 54.1 Å². The fourth-order valence-corrected chi connectivity index (χ4v) is 2.61. The van der Waals surface area contributed by atoms with Gasteiger partial charge in [-0.3, -0.25) is 0 Å². The van der Waals surface area contributed by atoms with Gasteiger partial charge in [0, 0.05) is 11.4 Å². The highest BCUT2D eigenvalue weighted by atomic mass is 35.5. The second-order valence-corrected chi connectivity index (χ2v) is 5.66. The van der Waals surface area contributed by atoms with Crippen molar-refractivity contribution in [2.24, 2.45) is 0 Å². The van der Waals surface area contributed by atoms with Crippen molar-refractivity contribution in [1.82, 2.24) is 0 Å². The maximum absolute atomic E-state index is 10.3. The average Bonchev–Trinajstić information content (AvgIpc) is 3.26. The highest BCUT2D eigenvalue weighted by Crippen LogP contribution is 2.40. The molecule has 1 saturated carbocycles. The Bertz CT molecular complexity index is 558. The van der Waals surface area contributed by atoms with Crippen molar-refractivity contribution in [3.8, 4) is 0 Å². The standard InChI is InChI=1S/C17H17ClO/c18-16-4-2-1-3-15(16)11-17(19)14-9-7-13(8-10-14)12-5-6-12/h1-4,7-10,12,17,19H,5-6,11H2. The Kier molecular flexibility index (Phi) is 3.58. The molecule has 0 saturated heterocycles. The molecule has 1 aliphatic carbocycles. The number of halogens is 1. The summed E-state index contributed by atoms with van der Waals surface area (Å²) in [6, 6.07) is 16.0. The molecule has 0 spiro atoms. The van der Waals surface area contributed by atoms with Crippen molar-refractivity contribution in [3.05, 3.63) is 70.2 Å². The zero-order valence-corrected chi connectivity index (χ0v) is 11.5. The van der Waals surface area contributed by atoms with E-state index in [0.29, 0.717) is 6.42 Å². The van der Waals surface area contributed by atoms with Crippen LogP contribution in [0.4, 0.5) is 0 Å². The SMILES string of the molecule is OC(Cc1ccccc1Cl)c1ccc(C2CC2)cc1. The molecule has 1 atom stereocenters. The van der Waals surface area contributed by atoms with Crippen LogP contribution in [-0.4, -0.2) is 5.11 Å². The van der Waals surface area contributed by atoms with E-state index in [0.717, 1.165) is 22.1 Å². The first kappa shape index (κ1) is 12.7. The second kappa shape index (κ2) is 5.36. The summed E-state index contributed by atoms with van der Waals surface area (Å²) in [7, 11) is 0. The van der Waals surface area contributed by atoms with E-state index in [1.54, 1.807) is 0 Å². The van der Waals surface area contributed by atoms with Crippen LogP contribution in [0.5, 0.6) is 0 Å². The van der Waals surface area contributed by atoms with Gasteiger partial charge in [0.15, 0.2) is 0 Å². The summed E-state index contributed by atoms with van der Waals surface area (Å²) in [4.78, 5) is 0. The van der Waals surface area contributed by atoms with Crippen LogP contribution in [0.2, 0.25) is 5.02 Å². The van der Waals surface area contributed by atoms with Crippen molar-refractivity contribution >= 4 is 11.6 Å². The summed E-state index contributed by atoms with van der Waals surface area (Å²) in [5.74, 6) is 0.759. The fraction of sp³-hybridized carbons (Fsp3) is 0.294. The summed E-state index contributed by atoms with van der Waals surface area (Å²) < 4.78 is 0. The zero-order valence-electron chi connectivity index (χ0n) is 10.7. The first-order valence-electron chi connectivity index (χ1n) is 6.75. The fourth-order valence-electron chi connectivity index (χ4n) is 2.40. The summed E-state index contributed by atoms with van der Waals surface area (Å²) in [5, 5.41) is 11.0. The van der Waals surface area contributed by atoms with Gasteiger partial charge in [0.2, 0.25) is 0 Å². The van der Waals surface area contributed by atoms with Crippen LogP contribution >= 0.6 is 11.6 Å². The van der Waals surface area contributed by atoms with Gasteiger partial charge in [-0.05, 0) is 41.5 Å². The lowest BCUT2D eigenvalue weighted by atomic mass is 9.99. The first-order chi connectivity index (χ1) is 9.24. The molecule has 19 heavy (non-hydrogen) atoms. The molecule has 0 heterocycles. The van der Waals surface area contributed by atoms with E-state index in [1.807, 2.05) is 36.4 Å². The quantitative estimate of drug-likeness (QED) is 0.869. The normalized spacial score (nSPS) is 16.3. The topological polar surface area (TPSA) is 20.2 Å². The Morgan fingerprint density at radius 2 is 1.74 bits per heavy atom. The average molecular weight is 273 g/mol. The van der Waals surface area contributed by atoms with Gasteiger partial charge >= 0.3 is 0 Å². The lowest BCUT2D eigenvalue weighted by molar-refractivity contribution is 0.178. The highest BCUT2D eigenvalue weighted by Gasteiger charge is 2.23. The van der Waals surface area contributed by atoms with Crippen molar-refractivity contribution < 1.29 is 5.11 Å². The molecule has 1 N–H and O–H groups in total. The number of aliphatic hydroxyl groups excluding tert-OH is 1. The van der Waals surface area contributed by atoms with Gasteiger partial charge in [-0.2, -0.15) is 0 Å². The minimum Gasteiger partial charge on any atom is -0.388 e. The third kappa shape index (κ3) is 2.99. The Hall–Kier alpha value is -1.31. The third-order valence-corrected chi connectivity index (χ3v) is 4.11. The predicted octanol–water partition coefficient (Wildman–Crippen LogP) is 4.49. The molecule has 3 rings (SSSR count). The molecule has 0 aliphatic heterocycles. The van der Waals surface area contributed by atoms with Crippen LogP contribution < -0.4 is 0 Å². The van der Waals surface area contributed by atoms with Gasteiger partial charge in [0.25, 0.3) is 0 Å². The Morgan fingerprint density at radius 3 is 2.37 bits per heavy atom. The van der Waals surface area contributed by atoms with Gasteiger partial charge < -0.3 is 5.11 Å². The van der Waals surface area contributed by atoms with Crippen molar-refractivity contribution in [2.45, 2.75) is 31.3 Å². The minimum absolute atomic E-state index is 0.492. The largest absolute Gasteiger partial charge is 0.388 e. The first-order valence-corrected chi connectivity index (χ1v) is 7.13. The Labute approximate surface area is 118 Å². The summed E-state index contributed by atoms with van der Waals surface area (Å²) in [6.07, 6.45) is 2.68. The van der Waals surface area contributed by atoms with Gasteiger partial charge in [0.1, 0.15) is 0 Å². The van der Waals surface area contributed by atoms with Crippen LogP contribution in [0.25, 0.3) is 0 Å². The molecule has 0 radical (unpaired) electrons. The smallest absolute Gasteiger partial charge is 0.0830 e. The van der Waals surface area contributed by atoms with E-state index in [2.05, 4.69) is 12.1 Å². The Morgan fingerprint density at radius 1 is 1.05 bits per heavy atom.